The molecule has 0 saturated carbocycles. The Morgan fingerprint density at radius 2 is 2.00 bits per heavy atom. The molecule has 0 saturated heterocycles. The Hall–Kier alpha value is -1.44. The van der Waals surface area contributed by atoms with Gasteiger partial charge in [0, 0.05) is 11.5 Å². The van der Waals surface area contributed by atoms with Gasteiger partial charge in [0.1, 0.15) is 11.1 Å². The average Bonchev–Trinajstić information content (AvgIpc) is 2.78. The first-order valence-electron chi connectivity index (χ1n) is 7.28. The van der Waals surface area contributed by atoms with E-state index >= 15 is 0 Å². The SMILES string of the molecule is CCOCCOC(C)C(=O)Nc1sc(C)c(CC)c1C(=O)O. The first kappa shape index (κ1) is 18.6. The van der Waals surface area contributed by atoms with Crippen molar-refractivity contribution in [3.8, 4) is 0 Å². The molecule has 1 unspecified atom stereocenters. The van der Waals surface area contributed by atoms with E-state index in [4.69, 9.17) is 9.47 Å². The highest BCUT2D eigenvalue weighted by Crippen LogP contribution is 2.33. The van der Waals surface area contributed by atoms with E-state index in [-0.39, 0.29) is 11.5 Å². The normalized spacial score (nSPS) is 12.2. The summed E-state index contributed by atoms with van der Waals surface area (Å²) in [6.45, 7) is 8.60. The van der Waals surface area contributed by atoms with Crippen LogP contribution in [0.3, 0.4) is 0 Å². The van der Waals surface area contributed by atoms with Gasteiger partial charge in [0.15, 0.2) is 0 Å². The van der Waals surface area contributed by atoms with Gasteiger partial charge >= 0.3 is 5.97 Å². The number of ether oxygens (including phenoxy) is 2. The third-order valence-electron chi connectivity index (χ3n) is 3.18. The van der Waals surface area contributed by atoms with Crippen molar-refractivity contribution >= 4 is 28.2 Å². The van der Waals surface area contributed by atoms with Gasteiger partial charge in [-0.05, 0) is 32.8 Å². The van der Waals surface area contributed by atoms with E-state index in [0.717, 1.165) is 10.4 Å². The average molecular weight is 329 g/mol. The molecular formula is C15H23NO5S. The number of hydrogen-bond donors (Lipinski definition) is 2. The van der Waals surface area contributed by atoms with E-state index in [9.17, 15) is 14.7 Å². The number of aryl methyl sites for hydroxylation is 1. The summed E-state index contributed by atoms with van der Waals surface area (Å²) in [7, 11) is 0. The van der Waals surface area contributed by atoms with Gasteiger partial charge in [-0.15, -0.1) is 11.3 Å². The van der Waals surface area contributed by atoms with Crippen LogP contribution in [0.15, 0.2) is 0 Å². The summed E-state index contributed by atoms with van der Waals surface area (Å²) >= 11 is 1.28. The number of nitrogens with one attached hydrogen (secondary N) is 1. The fourth-order valence-corrected chi connectivity index (χ4v) is 3.18. The second kappa shape index (κ2) is 8.87. The van der Waals surface area contributed by atoms with Gasteiger partial charge in [-0.2, -0.15) is 0 Å². The molecule has 0 aromatic carbocycles. The quantitative estimate of drug-likeness (QED) is 0.680. The van der Waals surface area contributed by atoms with Gasteiger partial charge in [0.2, 0.25) is 0 Å². The van der Waals surface area contributed by atoms with Crippen molar-refractivity contribution in [2.24, 2.45) is 0 Å². The van der Waals surface area contributed by atoms with Crippen LogP contribution in [0.25, 0.3) is 0 Å². The maximum Gasteiger partial charge on any atom is 0.339 e. The maximum absolute atomic E-state index is 12.1. The highest BCUT2D eigenvalue weighted by molar-refractivity contribution is 7.16. The minimum absolute atomic E-state index is 0.180. The van der Waals surface area contributed by atoms with Crippen molar-refractivity contribution < 1.29 is 24.2 Å². The smallest absolute Gasteiger partial charge is 0.339 e. The Morgan fingerprint density at radius 3 is 2.55 bits per heavy atom. The molecule has 6 nitrogen and oxygen atoms in total. The summed E-state index contributed by atoms with van der Waals surface area (Å²) in [5.74, 6) is -1.38. The topological polar surface area (TPSA) is 84.9 Å². The van der Waals surface area contributed by atoms with Gasteiger partial charge in [0.05, 0.1) is 18.8 Å². The summed E-state index contributed by atoms with van der Waals surface area (Å²) in [5, 5.41) is 12.4. The Balaban J connectivity index is 2.73. The first-order chi connectivity index (χ1) is 10.4. The number of anilines is 1. The monoisotopic (exact) mass is 329 g/mol. The number of carboxylic acids is 1. The Labute approximate surface area is 134 Å². The summed E-state index contributed by atoms with van der Waals surface area (Å²) in [6.07, 6.45) is -0.0603. The molecule has 0 aliphatic heterocycles. The minimum atomic E-state index is -1.03. The zero-order valence-electron chi connectivity index (χ0n) is 13.4. The lowest BCUT2D eigenvalue weighted by Crippen LogP contribution is -2.29. The Bertz CT molecular complexity index is 526. The van der Waals surface area contributed by atoms with Gasteiger partial charge in [0.25, 0.3) is 5.91 Å². The van der Waals surface area contributed by atoms with E-state index in [0.29, 0.717) is 31.2 Å². The van der Waals surface area contributed by atoms with Crippen molar-refractivity contribution in [1.29, 1.82) is 0 Å². The molecule has 7 heteroatoms. The van der Waals surface area contributed by atoms with Crippen molar-refractivity contribution in [3.05, 3.63) is 16.0 Å². The molecule has 1 rings (SSSR count). The second-order valence-electron chi connectivity index (χ2n) is 4.70. The fraction of sp³-hybridized carbons (Fsp3) is 0.600. The molecule has 22 heavy (non-hydrogen) atoms. The highest BCUT2D eigenvalue weighted by Gasteiger charge is 2.23. The fourth-order valence-electron chi connectivity index (χ4n) is 2.04. The molecule has 0 fully saturated rings. The number of aromatic carboxylic acids is 1. The summed E-state index contributed by atoms with van der Waals surface area (Å²) < 4.78 is 10.5. The molecule has 0 bridgehead atoms. The maximum atomic E-state index is 12.1. The highest BCUT2D eigenvalue weighted by atomic mass is 32.1. The Morgan fingerprint density at radius 1 is 1.32 bits per heavy atom. The van der Waals surface area contributed by atoms with E-state index in [1.807, 2.05) is 20.8 Å². The van der Waals surface area contributed by atoms with Gasteiger partial charge in [-0.1, -0.05) is 6.92 Å². The van der Waals surface area contributed by atoms with Gasteiger partial charge in [-0.3, -0.25) is 4.79 Å². The molecule has 0 aliphatic carbocycles. The zero-order valence-corrected chi connectivity index (χ0v) is 14.2. The molecule has 2 N–H and O–H groups in total. The van der Waals surface area contributed by atoms with E-state index in [1.165, 1.54) is 11.3 Å². The van der Waals surface area contributed by atoms with Crippen LogP contribution in [0.5, 0.6) is 0 Å². The third-order valence-corrected chi connectivity index (χ3v) is 4.24. The molecule has 1 aromatic rings. The predicted octanol–water partition coefficient (Wildman–Crippen LogP) is 2.70. The number of carboxylic acid groups (broad SMARTS) is 1. The van der Waals surface area contributed by atoms with Crippen LogP contribution in [0.4, 0.5) is 5.00 Å². The lowest BCUT2D eigenvalue weighted by atomic mass is 10.1. The number of thiophene rings is 1. The number of carbonyl (C=O) groups excluding carboxylic acids is 1. The first-order valence-corrected chi connectivity index (χ1v) is 8.09. The van der Waals surface area contributed by atoms with E-state index in [1.54, 1.807) is 6.92 Å². The number of carbonyl (C=O) groups is 2. The second-order valence-corrected chi connectivity index (χ2v) is 5.92. The molecule has 0 radical (unpaired) electrons. The van der Waals surface area contributed by atoms with Crippen LogP contribution >= 0.6 is 11.3 Å². The van der Waals surface area contributed by atoms with Crippen LogP contribution in [-0.4, -0.2) is 42.9 Å². The van der Waals surface area contributed by atoms with Crippen molar-refractivity contribution in [2.75, 3.05) is 25.1 Å². The van der Waals surface area contributed by atoms with E-state index < -0.39 is 12.1 Å². The van der Waals surface area contributed by atoms with Crippen LogP contribution in [0.1, 0.15) is 41.6 Å². The van der Waals surface area contributed by atoms with Crippen molar-refractivity contribution in [3.63, 3.8) is 0 Å². The minimum Gasteiger partial charge on any atom is -0.478 e. The van der Waals surface area contributed by atoms with Gasteiger partial charge in [-0.25, -0.2) is 4.79 Å². The Kier molecular flexibility index (Phi) is 7.50. The van der Waals surface area contributed by atoms with Crippen LogP contribution in [0.2, 0.25) is 0 Å². The molecule has 0 aliphatic rings. The molecule has 1 amide bonds. The van der Waals surface area contributed by atoms with Crippen molar-refractivity contribution in [2.45, 2.75) is 40.2 Å². The predicted molar refractivity (Wildman–Crippen MR) is 85.9 cm³/mol. The summed E-state index contributed by atoms with van der Waals surface area (Å²) in [6, 6.07) is 0. The van der Waals surface area contributed by atoms with E-state index in [2.05, 4.69) is 5.32 Å². The molecule has 124 valence electrons. The van der Waals surface area contributed by atoms with Crippen LogP contribution < -0.4 is 5.32 Å². The van der Waals surface area contributed by atoms with Crippen LogP contribution in [0, 0.1) is 6.92 Å². The standard InChI is InChI=1S/C15H23NO5S/c1-5-11-10(4)22-14(12(11)15(18)19)16-13(17)9(3)21-8-7-20-6-2/h9H,5-8H2,1-4H3,(H,16,17)(H,18,19). The van der Waals surface area contributed by atoms with Gasteiger partial charge < -0.3 is 19.9 Å². The molecule has 1 heterocycles. The number of hydrogen-bond acceptors (Lipinski definition) is 5. The number of rotatable bonds is 9. The van der Waals surface area contributed by atoms with Crippen LogP contribution in [-0.2, 0) is 20.7 Å². The molecular weight excluding hydrogens is 306 g/mol. The van der Waals surface area contributed by atoms with Crippen molar-refractivity contribution in [1.82, 2.24) is 0 Å². The lowest BCUT2D eigenvalue weighted by molar-refractivity contribution is -0.127. The molecule has 0 spiro atoms. The summed E-state index contributed by atoms with van der Waals surface area (Å²) in [4.78, 5) is 24.4. The molecule has 1 atom stereocenters. The zero-order chi connectivity index (χ0) is 16.7. The lowest BCUT2D eigenvalue weighted by Gasteiger charge is -2.13. The summed E-state index contributed by atoms with van der Waals surface area (Å²) in [5.41, 5.74) is 0.942. The number of amides is 1. The third kappa shape index (κ3) is 4.79. The largest absolute Gasteiger partial charge is 0.478 e. The molecule has 1 aromatic heterocycles.